The van der Waals surface area contributed by atoms with Crippen LogP contribution in [0, 0.1) is 5.41 Å². The molecule has 5 atom stereocenters. The maximum absolute atomic E-state index is 11.7. The van der Waals surface area contributed by atoms with Gasteiger partial charge in [0.2, 0.25) is 18.3 Å². The predicted molar refractivity (Wildman–Crippen MR) is 101 cm³/mol. The van der Waals surface area contributed by atoms with Gasteiger partial charge in [-0.3, -0.25) is 24.6 Å². The molecule has 1 heterocycles. The van der Waals surface area contributed by atoms with E-state index >= 15 is 0 Å². The molecule has 170 valence electrons. The molecule has 0 saturated carbocycles. The number of carbonyl (C=O) groups excluding carboxylic acids is 4. The van der Waals surface area contributed by atoms with Crippen LogP contribution in [0.3, 0.4) is 0 Å². The smallest absolute Gasteiger partial charge is 0.303 e. The monoisotopic (exact) mass is 491 g/mol. The van der Waals surface area contributed by atoms with Gasteiger partial charge in [0.25, 0.3) is 3.79 Å². The Morgan fingerprint density at radius 1 is 0.800 bits per heavy atom. The summed E-state index contributed by atoms with van der Waals surface area (Å²) in [5, 5.41) is 7.74. The van der Waals surface area contributed by atoms with Crippen molar-refractivity contribution in [2.24, 2.45) is 0 Å². The molecule has 1 rings (SSSR count). The van der Waals surface area contributed by atoms with Gasteiger partial charge in [0, 0.05) is 27.7 Å². The van der Waals surface area contributed by atoms with Crippen molar-refractivity contribution in [2.45, 2.75) is 62.2 Å². The standard InChI is InChI=1S/C16H20Cl3NO10/c1-6(21)25-5-10-11(26-7(2)22)12(27-8(3)23)13(28-9(4)24)14(29-10)30-15(20)16(17,18)19/h10-14,20H,5H2,1-4H3/t10-,11+,12-,13+,14-/m1/s1. The van der Waals surface area contributed by atoms with Gasteiger partial charge in [-0.15, -0.1) is 0 Å². The maximum Gasteiger partial charge on any atom is 0.303 e. The second-order valence-electron chi connectivity index (χ2n) is 6.01. The molecule has 14 heteroatoms. The highest BCUT2D eigenvalue weighted by atomic mass is 35.6. The number of carbonyl (C=O) groups is 4. The Morgan fingerprint density at radius 3 is 1.70 bits per heavy atom. The van der Waals surface area contributed by atoms with Gasteiger partial charge in [0.1, 0.15) is 12.7 Å². The first kappa shape index (κ1) is 26.2. The lowest BCUT2D eigenvalue weighted by atomic mass is 9.98. The second kappa shape index (κ2) is 11.0. The molecule has 0 radical (unpaired) electrons. The van der Waals surface area contributed by atoms with Crippen molar-refractivity contribution in [2.75, 3.05) is 6.61 Å². The summed E-state index contributed by atoms with van der Waals surface area (Å²) in [4.78, 5) is 46.1. The van der Waals surface area contributed by atoms with E-state index in [2.05, 4.69) is 0 Å². The summed E-state index contributed by atoms with van der Waals surface area (Å²) in [6.45, 7) is 3.86. The molecule has 1 aliphatic heterocycles. The SMILES string of the molecule is CC(=O)OC[C@H]1O[C@H](OC(=N)C(Cl)(Cl)Cl)[C@@H](OC(C)=O)[C@H](OC(C)=O)[C@H]1OC(C)=O. The van der Waals surface area contributed by atoms with Crippen LogP contribution >= 0.6 is 34.8 Å². The molecule has 0 amide bonds. The van der Waals surface area contributed by atoms with E-state index in [0.717, 1.165) is 27.7 Å². The fourth-order valence-electron chi connectivity index (χ4n) is 2.47. The van der Waals surface area contributed by atoms with E-state index in [4.69, 9.17) is 68.6 Å². The lowest BCUT2D eigenvalue weighted by molar-refractivity contribution is -0.292. The summed E-state index contributed by atoms with van der Waals surface area (Å²) >= 11 is 16.8. The molecule has 0 aromatic carbocycles. The third-order valence-corrected chi connectivity index (χ3v) is 3.95. The van der Waals surface area contributed by atoms with Crippen LogP contribution in [-0.2, 0) is 47.6 Å². The van der Waals surface area contributed by atoms with Crippen molar-refractivity contribution in [3.63, 3.8) is 0 Å². The van der Waals surface area contributed by atoms with Gasteiger partial charge < -0.3 is 28.4 Å². The Labute approximate surface area is 186 Å². The lowest BCUT2D eigenvalue weighted by Gasteiger charge is -2.44. The Balaban J connectivity index is 3.37. The van der Waals surface area contributed by atoms with Crippen LogP contribution in [0.25, 0.3) is 0 Å². The first-order valence-electron chi connectivity index (χ1n) is 8.35. The molecule has 30 heavy (non-hydrogen) atoms. The van der Waals surface area contributed by atoms with Crippen LogP contribution in [0.4, 0.5) is 0 Å². The fraction of sp³-hybridized carbons (Fsp3) is 0.688. The van der Waals surface area contributed by atoms with E-state index in [9.17, 15) is 19.2 Å². The lowest BCUT2D eigenvalue weighted by Crippen LogP contribution is -2.63. The zero-order valence-corrected chi connectivity index (χ0v) is 18.6. The molecule has 1 aliphatic rings. The molecule has 11 nitrogen and oxygen atoms in total. The number of hydrogen-bond donors (Lipinski definition) is 1. The van der Waals surface area contributed by atoms with Crippen molar-refractivity contribution in [3.8, 4) is 0 Å². The van der Waals surface area contributed by atoms with E-state index in [-0.39, 0.29) is 0 Å². The molecule has 0 unspecified atom stereocenters. The summed E-state index contributed by atoms with van der Waals surface area (Å²) in [7, 11) is 0. The zero-order valence-electron chi connectivity index (χ0n) is 16.3. The van der Waals surface area contributed by atoms with Crippen LogP contribution < -0.4 is 0 Å². The van der Waals surface area contributed by atoms with Gasteiger partial charge in [0.15, 0.2) is 12.2 Å². The highest BCUT2D eigenvalue weighted by Crippen LogP contribution is 2.33. The van der Waals surface area contributed by atoms with E-state index in [1.165, 1.54) is 0 Å². The van der Waals surface area contributed by atoms with E-state index < -0.39 is 70.9 Å². The third kappa shape index (κ3) is 8.13. The second-order valence-corrected chi connectivity index (χ2v) is 8.29. The van der Waals surface area contributed by atoms with Gasteiger partial charge in [-0.1, -0.05) is 34.8 Å². The minimum Gasteiger partial charge on any atom is -0.463 e. The fourth-order valence-corrected chi connectivity index (χ4v) is 2.60. The van der Waals surface area contributed by atoms with E-state index in [1.807, 2.05) is 0 Å². The minimum absolute atomic E-state index is 0.460. The average Bonchev–Trinajstić information content (AvgIpc) is 2.56. The number of ether oxygens (including phenoxy) is 6. The molecule has 1 fully saturated rings. The van der Waals surface area contributed by atoms with Gasteiger partial charge >= 0.3 is 23.9 Å². The number of hydrogen-bond acceptors (Lipinski definition) is 11. The summed E-state index contributed by atoms with van der Waals surface area (Å²) in [5.41, 5.74) is 0. The third-order valence-electron chi connectivity index (χ3n) is 3.44. The number of nitrogens with one attached hydrogen (secondary N) is 1. The normalized spacial score (nSPS) is 26.2. The van der Waals surface area contributed by atoms with Gasteiger partial charge in [-0.2, -0.15) is 0 Å². The molecular formula is C16H20Cl3NO10. The van der Waals surface area contributed by atoms with Crippen molar-refractivity contribution in [3.05, 3.63) is 0 Å². The van der Waals surface area contributed by atoms with Crippen LogP contribution in [0.1, 0.15) is 27.7 Å². The summed E-state index contributed by atoms with van der Waals surface area (Å²) in [5.74, 6) is -4.03. The van der Waals surface area contributed by atoms with E-state index in [1.54, 1.807) is 0 Å². The number of esters is 4. The van der Waals surface area contributed by atoms with Gasteiger partial charge in [-0.05, 0) is 0 Å². The number of alkyl halides is 3. The summed E-state index contributed by atoms with van der Waals surface area (Å²) < 4.78 is 28.9. The molecule has 0 aromatic heterocycles. The molecule has 0 spiro atoms. The van der Waals surface area contributed by atoms with Gasteiger partial charge in [0.05, 0.1) is 0 Å². The van der Waals surface area contributed by atoms with Crippen molar-refractivity contribution < 1.29 is 47.6 Å². The molecule has 0 aliphatic carbocycles. The van der Waals surface area contributed by atoms with E-state index in [0.29, 0.717) is 0 Å². The zero-order chi connectivity index (χ0) is 23.2. The topological polar surface area (TPSA) is 148 Å². The van der Waals surface area contributed by atoms with Crippen LogP contribution in [0.15, 0.2) is 0 Å². The molecule has 0 aromatic rings. The molecule has 1 N–H and O–H groups in total. The Morgan fingerprint density at radius 2 is 1.27 bits per heavy atom. The largest absolute Gasteiger partial charge is 0.463 e. The Kier molecular flexibility index (Phi) is 9.60. The van der Waals surface area contributed by atoms with Crippen LogP contribution in [-0.4, -0.2) is 70.9 Å². The minimum atomic E-state index is -2.29. The predicted octanol–water partition coefficient (Wildman–Crippen LogP) is 1.43. The quantitative estimate of drug-likeness (QED) is 0.190. The molecule has 1 saturated heterocycles. The van der Waals surface area contributed by atoms with Crippen molar-refractivity contribution in [1.82, 2.24) is 0 Å². The van der Waals surface area contributed by atoms with Crippen molar-refractivity contribution >= 4 is 64.6 Å². The number of rotatable bonds is 6. The maximum atomic E-state index is 11.7. The summed E-state index contributed by atoms with van der Waals surface area (Å²) in [6, 6.07) is 0. The average molecular weight is 493 g/mol. The molecular weight excluding hydrogens is 473 g/mol. The first-order chi connectivity index (χ1) is 13.7. The first-order valence-corrected chi connectivity index (χ1v) is 9.48. The summed E-state index contributed by atoms with van der Waals surface area (Å²) in [6.07, 6.45) is -7.25. The van der Waals surface area contributed by atoms with Crippen molar-refractivity contribution in [1.29, 1.82) is 5.41 Å². The Hall–Kier alpha value is -1.82. The number of halogens is 3. The highest BCUT2D eigenvalue weighted by Gasteiger charge is 2.54. The van der Waals surface area contributed by atoms with Crippen LogP contribution in [0.2, 0.25) is 0 Å². The highest BCUT2D eigenvalue weighted by molar-refractivity contribution is 6.76. The van der Waals surface area contributed by atoms with Gasteiger partial charge in [-0.25, -0.2) is 0 Å². The Bertz CT molecular complexity index is 695. The van der Waals surface area contributed by atoms with Crippen LogP contribution in [0.5, 0.6) is 0 Å². The molecule has 0 bridgehead atoms.